The van der Waals surface area contributed by atoms with Gasteiger partial charge in [-0.2, -0.15) is 0 Å². The molecule has 1 amide bonds. The summed E-state index contributed by atoms with van der Waals surface area (Å²) in [6.45, 7) is 1.55. The van der Waals surface area contributed by atoms with Gasteiger partial charge in [-0.3, -0.25) is 15.2 Å². The highest BCUT2D eigenvalue weighted by atomic mass is 35.5. The number of carbonyl (C=O) groups is 1. The number of nitrogens with zero attached hydrogens (tertiary/aromatic N) is 3. The molecule has 2 unspecified atom stereocenters. The lowest BCUT2D eigenvalue weighted by atomic mass is 10.1. The number of hydrogen-bond donors (Lipinski definition) is 2. The van der Waals surface area contributed by atoms with E-state index < -0.39 is 0 Å². The first-order valence-electron chi connectivity index (χ1n) is 8.75. The number of halogens is 1. The van der Waals surface area contributed by atoms with E-state index >= 15 is 0 Å². The van der Waals surface area contributed by atoms with Gasteiger partial charge in [-0.15, -0.1) is 0 Å². The van der Waals surface area contributed by atoms with Crippen LogP contribution in [-0.4, -0.2) is 39.9 Å². The monoisotopic (exact) mass is 373 g/mol. The first-order chi connectivity index (χ1) is 12.7. The van der Waals surface area contributed by atoms with Crippen LogP contribution in [0.15, 0.2) is 36.7 Å². The van der Waals surface area contributed by atoms with E-state index in [2.05, 4.69) is 20.8 Å². The van der Waals surface area contributed by atoms with Crippen LogP contribution in [0.1, 0.15) is 31.0 Å². The minimum atomic E-state index is -0.169. The van der Waals surface area contributed by atoms with E-state index in [0.717, 1.165) is 38.0 Å². The molecule has 0 aliphatic carbocycles. The number of nitrogens with one attached hydrogen (secondary N) is 2. The predicted molar refractivity (Wildman–Crippen MR) is 96.8 cm³/mol. The van der Waals surface area contributed by atoms with Crippen molar-refractivity contribution >= 4 is 17.5 Å². The van der Waals surface area contributed by atoms with Crippen LogP contribution in [0.2, 0.25) is 5.02 Å². The molecule has 0 saturated carbocycles. The van der Waals surface area contributed by atoms with Crippen molar-refractivity contribution in [1.82, 2.24) is 25.7 Å². The van der Waals surface area contributed by atoms with Gasteiger partial charge < -0.3 is 9.64 Å². The number of carbonyl (C=O) groups excluding carboxylic acids is 1. The van der Waals surface area contributed by atoms with Crippen molar-refractivity contribution in [3.8, 4) is 11.6 Å². The highest BCUT2D eigenvalue weighted by molar-refractivity contribution is 6.30. The zero-order chi connectivity index (χ0) is 17.9. The largest absolute Gasteiger partial charge is 0.437 e. The maximum Gasteiger partial charge on any atom is 0.241 e. The lowest BCUT2D eigenvalue weighted by molar-refractivity contribution is -0.134. The third kappa shape index (κ3) is 3.65. The Morgan fingerprint density at radius 1 is 1.23 bits per heavy atom. The molecule has 136 valence electrons. The quantitative estimate of drug-likeness (QED) is 0.857. The minimum absolute atomic E-state index is 0.0637. The molecule has 7 nitrogen and oxygen atoms in total. The normalized spacial score (nSPS) is 22.6. The standard InChI is InChI=1S/C18H20ClN5O2/c19-12-3-5-13(6-4-12)26-17-11-20-10-15(22-17)16-2-1-9-24(16)18(25)14-7-8-21-23-14/h3-6,10-11,14,16,21,23H,1-2,7-9H2. The lowest BCUT2D eigenvalue weighted by Gasteiger charge is -2.26. The molecule has 0 spiro atoms. The van der Waals surface area contributed by atoms with E-state index in [1.807, 2.05) is 4.90 Å². The second kappa shape index (κ2) is 7.57. The van der Waals surface area contributed by atoms with Crippen LogP contribution in [0, 0.1) is 0 Å². The minimum Gasteiger partial charge on any atom is -0.437 e. The summed E-state index contributed by atoms with van der Waals surface area (Å²) in [4.78, 5) is 23.5. The second-order valence-corrected chi connectivity index (χ2v) is 6.88. The van der Waals surface area contributed by atoms with Crippen LogP contribution < -0.4 is 15.6 Å². The Labute approximate surface area is 156 Å². The first-order valence-corrected chi connectivity index (χ1v) is 9.13. The van der Waals surface area contributed by atoms with E-state index in [9.17, 15) is 4.79 Å². The van der Waals surface area contributed by atoms with Gasteiger partial charge in [0.1, 0.15) is 11.8 Å². The number of ether oxygens (including phenoxy) is 1. The zero-order valence-electron chi connectivity index (χ0n) is 14.2. The van der Waals surface area contributed by atoms with Crippen LogP contribution in [0.3, 0.4) is 0 Å². The molecule has 2 saturated heterocycles. The van der Waals surface area contributed by atoms with Crippen molar-refractivity contribution in [2.24, 2.45) is 0 Å². The molecular weight excluding hydrogens is 354 g/mol. The van der Waals surface area contributed by atoms with E-state index in [-0.39, 0.29) is 18.0 Å². The van der Waals surface area contributed by atoms with Crippen molar-refractivity contribution < 1.29 is 9.53 Å². The van der Waals surface area contributed by atoms with Crippen LogP contribution in [-0.2, 0) is 4.79 Å². The van der Waals surface area contributed by atoms with E-state index in [1.165, 1.54) is 0 Å². The third-order valence-corrected chi connectivity index (χ3v) is 4.93. The molecule has 0 bridgehead atoms. The fraction of sp³-hybridized carbons (Fsp3) is 0.389. The average Bonchev–Trinajstić information content (AvgIpc) is 3.35. The van der Waals surface area contributed by atoms with E-state index in [4.69, 9.17) is 16.3 Å². The predicted octanol–water partition coefficient (Wildman–Crippen LogP) is 2.45. The smallest absolute Gasteiger partial charge is 0.241 e. The van der Waals surface area contributed by atoms with Gasteiger partial charge in [0.25, 0.3) is 0 Å². The lowest BCUT2D eigenvalue weighted by Crippen LogP contribution is -2.45. The average molecular weight is 374 g/mol. The molecule has 2 atom stereocenters. The molecule has 8 heteroatoms. The summed E-state index contributed by atoms with van der Waals surface area (Å²) >= 11 is 5.89. The molecular formula is C18H20ClN5O2. The Hall–Kier alpha value is -2.22. The first kappa shape index (κ1) is 17.2. The molecule has 2 aliphatic heterocycles. The molecule has 2 aliphatic rings. The van der Waals surface area contributed by atoms with Gasteiger partial charge in [0.15, 0.2) is 0 Å². The molecule has 3 heterocycles. The van der Waals surface area contributed by atoms with Crippen LogP contribution in [0.5, 0.6) is 11.6 Å². The summed E-state index contributed by atoms with van der Waals surface area (Å²) < 4.78 is 5.77. The molecule has 1 aromatic carbocycles. The molecule has 26 heavy (non-hydrogen) atoms. The van der Waals surface area contributed by atoms with Gasteiger partial charge in [0.05, 0.1) is 24.1 Å². The topological polar surface area (TPSA) is 79.4 Å². The van der Waals surface area contributed by atoms with Crippen LogP contribution >= 0.6 is 11.6 Å². The van der Waals surface area contributed by atoms with Gasteiger partial charge in [0, 0.05) is 18.1 Å². The van der Waals surface area contributed by atoms with Gasteiger partial charge >= 0.3 is 0 Å². The van der Waals surface area contributed by atoms with E-state index in [1.54, 1.807) is 36.7 Å². The van der Waals surface area contributed by atoms with E-state index in [0.29, 0.717) is 16.7 Å². The molecule has 4 rings (SSSR count). The van der Waals surface area contributed by atoms with Gasteiger partial charge in [-0.1, -0.05) is 11.6 Å². The summed E-state index contributed by atoms with van der Waals surface area (Å²) in [5, 5.41) is 0.646. The molecule has 0 radical (unpaired) electrons. The fourth-order valence-corrected chi connectivity index (χ4v) is 3.53. The summed E-state index contributed by atoms with van der Waals surface area (Å²) in [5.74, 6) is 1.16. The van der Waals surface area contributed by atoms with Crippen molar-refractivity contribution in [2.75, 3.05) is 13.1 Å². The highest BCUT2D eigenvalue weighted by Crippen LogP contribution is 2.32. The maximum atomic E-state index is 12.8. The SMILES string of the molecule is O=C(C1CCNN1)N1CCCC1c1cncc(Oc2ccc(Cl)cc2)n1. The third-order valence-electron chi connectivity index (χ3n) is 4.68. The van der Waals surface area contributed by atoms with Gasteiger partial charge in [0.2, 0.25) is 11.8 Å². The molecule has 2 N–H and O–H groups in total. The second-order valence-electron chi connectivity index (χ2n) is 6.44. The number of hydrogen-bond acceptors (Lipinski definition) is 6. The summed E-state index contributed by atoms with van der Waals surface area (Å²) in [7, 11) is 0. The number of likely N-dealkylation sites (tertiary alicyclic amines) is 1. The highest BCUT2D eigenvalue weighted by Gasteiger charge is 2.36. The Balaban J connectivity index is 1.51. The van der Waals surface area contributed by atoms with Crippen molar-refractivity contribution in [1.29, 1.82) is 0 Å². The maximum absolute atomic E-state index is 12.8. The number of aromatic nitrogens is 2. The number of rotatable bonds is 4. The fourth-order valence-electron chi connectivity index (χ4n) is 3.40. The van der Waals surface area contributed by atoms with Gasteiger partial charge in [-0.25, -0.2) is 10.4 Å². The number of benzene rings is 1. The van der Waals surface area contributed by atoms with Gasteiger partial charge in [-0.05, 0) is 43.5 Å². The molecule has 2 aromatic rings. The van der Waals surface area contributed by atoms with Crippen LogP contribution in [0.4, 0.5) is 0 Å². The Morgan fingerprint density at radius 2 is 2.08 bits per heavy atom. The van der Waals surface area contributed by atoms with Crippen LogP contribution in [0.25, 0.3) is 0 Å². The summed E-state index contributed by atoms with van der Waals surface area (Å²) in [6, 6.07) is 6.84. The Bertz CT molecular complexity index is 779. The number of amides is 1. The number of hydrazine groups is 1. The Kier molecular flexibility index (Phi) is 5.01. The molecule has 2 fully saturated rings. The van der Waals surface area contributed by atoms with Crippen molar-refractivity contribution in [3.63, 3.8) is 0 Å². The van der Waals surface area contributed by atoms with Crippen molar-refractivity contribution in [3.05, 3.63) is 47.4 Å². The zero-order valence-corrected chi connectivity index (χ0v) is 14.9. The summed E-state index contributed by atoms with van der Waals surface area (Å²) in [6.07, 6.45) is 5.92. The molecule has 1 aromatic heterocycles. The Morgan fingerprint density at radius 3 is 2.85 bits per heavy atom. The summed E-state index contributed by atoms with van der Waals surface area (Å²) in [5.41, 5.74) is 6.82. The van der Waals surface area contributed by atoms with Crippen molar-refractivity contribution in [2.45, 2.75) is 31.3 Å².